The lowest BCUT2D eigenvalue weighted by atomic mass is 10.2. The molecule has 0 aliphatic heterocycles. The van der Waals surface area contributed by atoms with Gasteiger partial charge in [0.15, 0.2) is 0 Å². The summed E-state index contributed by atoms with van der Waals surface area (Å²) < 4.78 is 0. The molecule has 0 atom stereocenters. The van der Waals surface area contributed by atoms with Crippen LogP contribution < -0.4 is 0 Å². The summed E-state index contributed by atoms with van der Waals surface area (Å²) in [4.78, 5) is 0. The SMILES string of the molecule is C=C/C=C/C=C/C=C/C=C/C=C/C=C/C=C/C=C/C=C/CCCC. The Balaban J connectivity index is 3.84. The van der Waals surface area contributed by atoms with Crippen molar-refractivity contribution in [3.8, 4) is 0 Å². The molecule has 0 unspecified atom stereocenters. The van der Waals surface area contributed by atoms with E-state index in [4.69, 9.17) is 0 Å². The molecule has 0 saturated carbocycles. The predicted molar refractivity (Wildman–Crippen MR) is 112 cm³/mol. The molecule has 0 spiro atoms. The van der Waals surface area contributed by atoms with Crippen molar-refractivity contribution in [2.75, 3.05) is 0 Å². The second kappa shape index (κ2) is 20.4. The van der Waals surface area contributed by atoms with Crippen LogP contribution >= 0.6 is 0 Å². The number of hydrogen-bond donors (Lipinski definition) is 0. The molecule has 0 aliphatic rings. The zero-order chi connectivity index (χ0) is 17.6. The van der Waals surface area contributed by atoms with Crippen LogP contribution in [0.1, 0.15) is 26.2 Å². The van der Waals surface area contributed by atoms with E-state index in [0.717, 1.165) is 0 Å². The van der Waals surface area contributed by atoms with E-state index < -0.39 is 0 Å². The van der Waals surface area contributed by atoms with Crippen LogP contribution in [-0.4, -0.2) is 0 Å². The molecule has 0 heteroatoms. The second-order valence-electron chi connectivity index (χ2n) is 4.89. The summed E-state index contributed by atoms with van der Waals surface area (Å²) in [6, 6.07) is 0. The zero-order valence-corrected chi connectivity index (χ0v) is 14.8. The van der Waals surface area contributed by atoms with E-state index in [1.54, 1.807) is 6.08 Å². The van der Waals surface area contributed by atoms with Gasteiger partial charge in [-0.1, -0.05) is 142 Å². The smallest absolute Gasteiger partial charge is 0.0348 e. The standard InChI is InChI=1S/C24H30/c1-3-5-7-9-11-13-15-17-19-21-23-24-22-20-18-16-14-12-10-8-6-4-2/h3,5,7,9-24H,1,4,6,8H2,2H3/b7-5+,11-9+,12-10+,15-13+,16-14+,19-17+,20-18+,23-21+,24-22+. The van der Waals surface area contributed by atoms with Crippen LogP contribution in [0.15, 0.2) is 122 Å². The molecular formula is C24H30. The molecule has 0 saturated heterocycles. The highest BCUT2D eigenvalue weighted by Gasteiger charge is 1.74. The Hall–Kier alpha value is -2.60. The second-order valence-corrected chi connectivity index (χ2v) is 4.89. The molecule has 0 bridgehead atoms. The molecule has 0 aromatic rings. The van der Waals surface area contributed by atoms with E-state index in [1.165, 1.54) is 19.3 Å². The molecule has 0 N–H and O–H groups in total. The first kappa shape index (κ1) is 21.4. The van der Waals surface area contributed by atoms with Crippen molar-refractivity contribution in [2.45, 2.75) is 26.2 Å². The van der Waals surface area contributed by atoms with Gasteiger partial charge in [0.1, 0.15) is 0 Å². The fourth-order valence-corrected chi connectivity index (χ4v) is 1.54. The molecule has 0 rings (SSSR count). The molecule has 0 aromatic carbocycles. The summed E-state index contributed by atoms with van der Waals surface area (Å²) in [6.07, 6.45) is 41.7. The first-order valence-corrected chi connectivity index (χ1v) is 8.52. The van der Waals surface area contributed by atoms with Gasteiger partial charge in [0.25, 0.3) is 0 Å². The summed E-state index contributed by atoms with van der Waals surface area (Å²) in [5, 5.41) is 0. The van der Waals surface area contributed by atoms with Crippen LogP contribution in [0.25, 0.3) is 0 Å². The van der Waals surface area contributed by atoms with Crippen molar-refractivity contribution in [1.82, 2.24) is 0 Å². The van der Waals surface area contributed by atoms with Gasteiger partial charge in [-0.2, -0.15) is 0 Å². The summed E-state index contributed by atoms with van der Waals surface area (Å²) in [5.74, 6) is 0. The highest BCUT2D eigenvalue weighted by atomic mass is 13.8. The highest BCUT2D eigenvalue weighted by Crippen LogP contribution is 1.95. The fraction of sp³-hybridized carbons (Fsp3) is 0.167. The molecule has 0 fully saturated rings. The van der Waals surface area contributed by atoms with Gasteiger partial charge in [0.2, 0.25) is 0 Å². The Labute approximate surface area is 148 Å². The van der Waals surface area contributed by atoms with Crippen LogP contribution in [-0.2, 0) is 0 Å². The Morgan fingerprint density at radius 2 is 0.833 bits per heavy atom. The third-order valence-electron chi connectivity index (χ3n) is 2.77. The van der Waals surface area contributed by atoms with Crippen LogP contribution in [0.4, 0.5) is 0 Å². The Morgan fingerprint density at radius 1 is 0.500 bits per heavy atom. The van der Waals surface area contributed by atoms with E-state index in [2.05, 4.69) is 31.7 Å². The molecular weight excluding hydrogens is 288 g/mol. The summed E-state index contributed by atoms with van der Waals surface area (Å²) in [7, 11) is 0. The highest BCUT2D eigenvalue weighted by molar-refractivity contribution is 5.22. The molecule has 24 heavy (non-hydrogen) atoms. The number of rotatable bonds is 12. The van der Waals surface area contributed by atoms with Crippen molar-refractivity contribution in [3.05, 3.63) is 122 Å². The molecule has 0 aromatic heterocycles. The van der Waals surface area contributed by atoms with E-state index in [1.807, 2.05) is 91.1 Å². The molecule has 0 nitrogen and oxygen atoms in total. The maximum absolute atomic E-state index is 3.61. The lowest BCUT2D eigenvalue weighted by molar-refractivity contribution is 0.815. The van der Waals surface area contributed by atoms with E-state index in [9.17, 15) is 0 Å². The van der Waals surface area contributed by atoms with E-state index >= 15 is 0 Å². The average Bonchev–Trinajstić information content (AvgIpc) is 2.60. The van der Waals surface area contributed by atoms with E-state index in [0.29, 0.717) is 0 Å². The fourth-order valence-electron chi connectivity index (χ4n) is 1.54. The molecule has 0 heterocycles. The van der Waals surface area contributed by atoms with Crippen LogP contribution in [0.2, 0.25) is 0 Å². The van der Waals surface area contributed by atoms with Crippen molar-refractivity contribution < 1.29 is 0 Å². The minimum atomic E-state index is 1.17. The topological polar surface area (TPSA) is 0 Å². The van der Waals surface area contributed by atoms with Gasteiger partial charge >= 0.3 is 0 Å². The minimum absolute atomic E-state index is 1.17. The lowest BCUT2D eigenvalue weighted by Crippen LogP contribution is -1.64. The number of hydrogen-bond acceptors (Lipinski definition) is 0. The predicted octanol–water partition coefficient (Wildman–Crippen LogP) is 7.37. The van der Waals surface area contributed by atoms with Crippen LogP contribution in [0.5, 0.6) is 0 Å². The first-order chi connectivity index (χ1) is 11.9. The lowest BCUT2D eigenvalue weighted by Gasteiger charge is -1.84. The Kier molecular flexibility index (Phi) is 18.2. The van der Waals surface area contributed by atoms with Gasteiger partial charge in [0.05, 0.1) is 0 Å². The first-order valence-electron chi connectivity index (χ1n) is 8.52. The molecule has 0 aliphatic carbocycles. The van der Waals surface area contributed by atoms with Gasteiger partial charge in [0, 0.05) is 0 Å². The third kappa shape index (κ3) is 19.4. The monoisotopic (exact) mass is 318 g/mol. The van der Waals surface area contributed by atoms with Crippen molar-refractivity contribution in [3.63, 3.8) is 0 Å². The maximum Gasteiger partial charge on any atom is -0.0348 e. The van der Waals surface area contributed by atoms with Gasteiger partial charge in [-0.15, -0.1) is 0 Å². The number of allylic oxidation sites excluding steroid dienone is 19. The normalized spacial score (nSPS) is 14.0. The van der Waals surface area contributed by atoms with Gasteiger partial charge in [-0.3, -0.25) is 0 Å². The Morgan fingerprint density at radius 3 is 1.17 bits per heavy atom. The van der Waals surface area contributed by atoms with Crippen molar-refractivity contribution >= 4 is 0 Å². The average molecular weight is 319 g/mol. The summed E-state index contributed by atoms with van der Waals surface area (Å²) in [5.41, 5.74) is 0. The third-order valence-corrected chi connectivity index (χ3v) is 2.77. The molecule has 0 radical (unpaired) electrons. The summed E-state index contributed by atoms with van der Waals surface area (Å²) in [6.45, 7) is 5.82. The van der Waals surface area contributed by atoms with Gasteiger partial charge in [-0.25, -0.2) is 0 Å². The quantitative estimate of drug-likeness (QED) is 0.260. The Bertz CT molecular complexity index is 541. The zero-order valence-electron chi connectivity index (χ0n) is 14.8. The summed E-state index contributed by atoms with van der Waals surface area (Å²) >= 11 is 0. The number of unbranched alkanes of at least 4 members (excludes halogenated alkanes) is 2. The van der Waals surface area contributed by atoms with Gasteiger partial charge < -0.3 is 0 Å². The van der Waals surface area contributed by atoms with Gasteiger partial charge in [-0.05, 0) is 6.42 Å². The van der Waals surface area contributed by atoms with Crippen molar-refractivity contribution in [2.24, 2.45) is 0 Å². The largest absolute Gasteiger partial charge is 0.0991 e. The van der Waals surface area contributed by atoms with E-state index in [-0.39, 0.29) is 0 Å². The van der Waals surface area contributed by atoms with Crippen molar-refractivity contribution in [1.29, 1.82) is 0 Å². The van der Waals surface area contributed by atoms with Crippen LogP contribution in [0.3, 0.4) is 0 Å². The molecule has 0 amide bonds. The molecule has 126 valence electrons. The minimum Gasteiger partial charge on any atom is -0.0991 e. The maximum atomic E-state index is 3.61. The van der Waals surface area contributed by atoms with Crippen LogP contribution in [0, 0.1) is 0 Å².